The van der Waals surface area contributed by atoms with E-state index in [0.29, 0.717) is 29.8 Å². The van der Waals surface area contributed by atoms with E-state index in [1.165, 1.54) is 17.4 Å². The number of fused-ring (bicyclic) bond motifs is 1. The first kappa shape index (κ1) is 16.2. The van der Waals surface area contributed by atoms with Crippen LogP contribution in [0.15, 0.2) is 48.2 Å². The fourth-order valence-corrected chi connectivity index (χ4v) is 3.09. The quantitative estimate of drug-likeness (QED) is 0.714. The lowest BCUT2D eigenvalue weighted by atomic mass is 10.1. The highest BCUT2D eigenvalue weighted by atomic mass is 32.1. The van der Waals surface area contributed by atoms with Gasteiger partial charge >= 0.3 is 0 Å². The number of hydrogen-bond donors (Lipinski definition) is 1. The van der Waals surface area contributed by atoms with Gasteiger partial charge in [0.25, 0.3) is 0 Å². The molecule has 1 aromatic carbocycles. The van der Waals surface area contributed by atoms with Gasteiger partial charge in [-0.25, -0.2) is 4.98 Å². The Bertz CT molecular complexity index is 956. The Kier molecular flexibility index (Phi) is 4.57. The van der Waals surface area contributed by atoms with Crippen LogP contribution in [0.1, 0.15) is 5.69 Å². The summed E-state index contributed by atoms with van der Waals surface area (Å²) in [6, 6.07) is 5.68. The third kappa shape index (κ3) is 3.70. The van der Waals surface area contributed by atoms with E-state index < -0.39 is 0 Å². The predicted molar refractivity (Wildman–Crippen MR) is 98.2 cm³/mol. The molecule has 0 atom stereocenters. The van der Waals surface area contributed by atoms with Crippen molar-refractivity contribution in [3.05, 3.63) is 53.9 Å². The fraction of sp³-hybridized carbons (Fsp3) is 0.111. The Morgan fingerprint density at radius 2 is 2.08 bits per heavy atom. The Morgan fingerprint density at radius 1 is 1.19 bits per heavy atom. The summed E-state index contributed by atoms with van der Waals surface area (Å²) in [6.45, 7) is 1.09. The standard InChI is InChI=1S/C18H14N4O3S/c23-17(4-2-13-10-19-5-6-20-13)22-18-21-14(11-26-18)12-1-3-15-16(9-12)25-8-7-24-15/h1-6,9-11H,7-8H2,(H,21,22,23). The van der Waals surface area contributed by atoms with E-state index in [1.54, 1.807) is 24.7 Å². The molecule has 3 aromatic rings. The van der Waals surface area contributed by atoms with Gasteiger partial charge in [0.1, 0.15) is 13.2 Å². The third-order valence-electron chi connectivity index (χ3n) is 3.56. The number of anilines is 1. The van der Waals surface area contributed by atoms with E-state index in [1.807, 2.05) is 23.6 Å². The summed E-state index contributed by atoms with van der Waals surface area (Å²) in [4.78, 5) is 24.5. The minimum Gasteiger partial charge on any atom is -0.486 e. The summed E-state index contributed by atoms with van der Waals surface area (Å²) in [5.41, 5.74) is 2.28. The lowest BCUT2D eigenvalue weighted by molar-refractivity contribution is -0.111. The van der Waals surface area contributed by atoms with Crippen molar-refractivity contribution in [1.82, 2.24) is 15.0 Å². The second kappa shape index (κ2) is 7.32. The maximum absolute atomic E-state index is 12.0. The van der Waals surface area contributed by atoms with Gasteiger partial charge in [0.2, 0.25) is 5.91 Å². The summed E-state index contributed by atoms with van der Waals surface area (Å²) >= 11 is 1.35. The average Bonchev–Trinajstić information content (AvgIpc) is 3.15. The summed E-state index contributed by atoms with van der Waals surface area (Å²) in [6.07, 6.45) is 7.71. The molecule has 130 valence electrons. The molecule has 4 rings (SSSR count). The molecule has 0 aliphatic carbocycles. The van der Waals surface area contributed by atoms with Crippen molar-refractivity contribution in [3.63, 3.8) is 0 Å². The van der Waals surface area contributed by atoms with Crippen LogP contribution >= 0.6 is 11.3 Å². The average molecular weight is 366 g/mol. The Balaban J connectivity index is 1.45. The Morgan fingerprint density at radius 3 is 2.92 bits per heavy atom. The smallest absolute Gasteiger partial charge is 0.250 e. The van der Waals surface area contributed by atoms with Crippen molar-refractivity contribution in [2.45, 2.75) is 0 Å². The summed E-state index contributed by atoms with van der Waals surface area (Å²) in [7, 11) is 0. The minimum atomic E-state index is -0.279. The van der Waals surface area contributed by atoms with Crippen molar-refractivity contribution in [2.75, 3.05) is 18.5 Å². The van der Waals surface area contributed by atoms with E-state index in [4.69, 9.17) is 9.47 Å². The molecule has 0 unspecified atom stereocenters. The van der Waals surface area contributed by atoms with Gasteiger partial charge in [-0.2, -0.15) is 0 Å². The molecular formula is C18H14N4O3S. The van der Waals surface area contributed by atoms with Gasteiger partial charge in [-0.1, -0.05) is 0 Å². The zero-order valence-corrected chi connectivity index (χ0v) is 14.4. The summed E-state index contributed by atoms with van der Waals surface area (Å²) in [5.74, 6) is 1.16. The first-order valence-electron chi connectivity index (χ1n) is 7.88. The van der Waals surface area contributed by atoms with Crippen molar-refractivity contribution in [2.24, 2.45) is 0 Å². The molecule has 1 aliphatic rings. The van der Waals surface area contributed by atoms with Crippen LogP contribution in [0.2, 0.25) is 0 Å². The molecule has 1 amide bonds. The number of ether oxygens (including phenoxy) is 2. The van der Waals surface area contributed by atoms with Gasteiger partial charge in [-0.3, -0.25) is 20.1 Å². The molecule has 2 aromatic heterocycles. The number of rotatable bonds is 4. The lowest BCUT2D eigenvalue weighted by Crippen LogP contribution is -2.15. The lowest BCUT2D eigenvalue weighted by Gasteiger charge is -2.18. The monoisotopic (exact) mass is 366 g/mol. The van der Waals surface area contributed by atoms with Crippen molar-refractivity contribution >= 4 is 28.5 Å². The molecular weight excluding hydrogens is 352 g/mol. The summed E-state index contributed by atoms with van der Waals surface area (Å²) in [5, 5.41) is 5.14. The van der Waals surface area contributed by atoms with Gasteiger partial charge in [0.15, 0.2) is 16.6 Å². The topological polar surface area (TPSA) is 86.2 Å². The van der Waals surface area contributed by atoms with E-state index in [2.05, 4.69) is 20.3 Å². The Hall–Kier alpha value is -3.26. The number of hydrogen-bond acceptors (Lipinski definition) is 7. The minimum absolute atomic E-state index is 0.279. The third-order valence-corrected chi connectivity index (χ3v) is 4.32. The van der Waals surface area contributed by atoms with E-state index in [0.717, 1.165) is 17.0 Å². The molecule has 0 bridgehead atoms. The molecule has 8 heteroatoms. The molecule has 0 spiro atoms. The largest absolute Gasteiger partial charge is 0.486 e. The van der Waals surface area contributed by atoms with Crippen LogP contribution in [0, 0.1) is 0 Å². The SMILES string of the molecule is O=C(C=Cc1cnccn1)Nc1nc(-c2ccc3c(c2)OCCO3)cs1. The Labute approximate surface area is 153 Å². The molecule has 1 N–H and O–H groups in total. The molecule has 0 radical (unpaired) electrons. The first-order valence-corrected chi connectivity index (χ1v) is 8.76. The van der Waals surface area contributed by atoms with Gasteiger partial charge in [-0.05, 0) is 24.3 Å². The maximum atomic E-state index is 12.0. The van der Waals surface area contributed by atoms with Crippen LogP contribution in [0.3, 0.4) is 0 Å². The maximum Gasteiger partial charge on any atom is 0.250 e. The number of thiazole rings is 1. The van der Waals surface area contributed by atoms with Crippen LogP contribution in [-0.4, -0.2) is 34.1 Å². The van der Waals surface area contributed by atoms with Crippen molar-refractivity contribution in [1.29, 1.82) is 0 Å². The molecule has 1 aliphatic heterocycles. The van der Waals surface area contributed by atoms with Crippen LogP contribution in [0.4, 0.5) is 5.13 Å². The van der Waals surface area contributed by atoms with Crippen molar-refractivity contribution in [3.8, 4) is 22.8 Å². The molecule has 0 fully saturated rings. The number of benzene rings is 1. The highest BCUT2D eigenvalue weighted by Gasteiger charge is 2.14. The van der Waals surface area contributed by atoms with Crippen LogP contribution in [0.25, 0.3) is 17.3 Å². The van der Waals surface area contributed by atoms with Crippen LogP contribution < -0.4 is 14.8 Å². The molecule has 26 heavy (non-hydrogen) atoms. The zero-order chi connectivity index (χ0) is 17.8. The van der Waals surface area contributed by atoms with Crippen LogP contribution in [0.5, 0.6) is 11.5 Å². The zero-order valence-electron chi connectivity index (χ0n) is 13.6. The number of nitrogens with one attached hydrogen (secondary N) is 1. The second-order valence-corrected chi connectivity index (χ2v) is 6.21. The van der Waals surface area contributed by atoms with Gasteiger partial charge in [0.05, 0.1) is 17.6 Å². The number of carbonyl (C=O) groups excluding carboxylic acids is 1. The number of aromatic nitrogens is 3. The highest BCUT2D eigenvalue weighted by Crippen LogP contribution is 2.35. The molecule has 0 saturated heterocycles. The van der Waals surface area contributed by atoms with E-state index >= 15 is 0 Å². The molecule has 7 nitrogen and oxygen atoms in total. The summed E-state index contributed by atoms with van der Waals surface area (Å²) < 4.78 is 11.1. The first-order chi connectivity index (χ1) is 12.8. The fourth-order valence-electron chi connectivity index (χ4n) is 2.37. The predicted octanol–water partition coefficient (Wildman–Crippen LogP) is 3.02. The normalized spacial score (nSPS) is 12.9. The van der Waals surface area contributed by atoms with E-state index in [-0.39, 0.29) is 5.91 Å². The number of nitrogens with zero attached hydrogens (tertiary/aromatic N) is 3. The number of amides is 1. The molecule has 3 heterocycles. The van der Waals surface area contributed by atoms with E-state index in [9.17, 15) is 4.79 Å². The van der Waals surface area contributed by atoms with Gasteiger partial charge < -0.3 is 9.47 Å². The van der Waals surface area contributed by atoms with Gasteiger partial charge in [-0.15, -0.1) is 11.3 Å². The molecule has 0 saturated carbocycles. The second-order valence-electron chi connectivity index (χ2n) is 5.35. The van der Waals surface area contributed by atoms with Gasteiger partial charge in [0, 0.05) is 29.4 Å². The number of carbonyl (C=O) groups is 1. The highest BCUT2D eigenvalue weighted by molar-refractivity contribution is 7.14. The van der Waals surface area contributed by atoms with Crippen LogP contribution in [-0.2, 0) is 4.79 Å². The van der Waals surface area contributed by atoms with Crippen molar-refractivity contribution < 1.29 is 14.3 Å².